The highest BCUT2D eigenvalue weighted by Gasteiger charge is 2.38. The van der Waals surface area contributed by atoms with Crippen molar-refractivity contribution in [2.45, 2.75) is 20.8 Å². The minimum absolute atomic E-state index is 0.0418. The summed E-state index contributed by atoms with van der Waals surface area (Å²) in [5, 5.41) is 2.43. The number of imide groups is 2. The molecule has 0 bridgehead atoms. The van der Waals surface area contributed by atoms with Gasteiger partial charge in [0.25, 0.3) is 11.8 Å². The molecule has 0 saturated carbocycles. The number of hydrogen-bond donors (Lipinski definition) is 1. The zero-order chi connectivity index (χ0) is 24.0. The monoisotopic (exact) mass is 545 g/mol. The lowest BCUT2D eigenvalue weighted by atomic mass is 10.1. The van der Waals surface area contributed by atoms with Gasteiger partial charge in [-0.2, -0.15) is 0 Å². The van der Waals surface area contributed by atoms with Gasteiger partial charge in [-0.3, -0.25) is 14.9 Å². The fourth-order valence-electron chi connectivity index (χ4n) is 3.80. The Bertz CT molecular complexity index is 1380. The zero-order valence-corrected chi connectivity index (χ0v) is 21.0. The minimum atomic E-state index is -0.887. The molecule has 0 unspecified atom stereocenters. The largest absolute Gasteiger partial charge is 0.336 e. The van der Waals surface area contributed by atoms with E-state index in [-0.39, 0.29) is 21.3 Å². The molecule has 33 heavy (non-hydrogen) atoms. The molecule has 1 aliphatic rings. The molecule has 4 amide bonds. The maximum Gasteiger partial charge on any atom is 0.336 e. The minimum Gasteiger partial charge on any atom is -0.318 e. The highest BCUT2D eigenvalue weighted by molar-refractivity contribution is 9.10. The first kappa shape index (κ1) is 23.3. The topological polar surface area (TPSA) is 71.4 Å². The Morgan fingerprint density at radius 3 is 2.42 bits per heavy atom. The van der Waals surface area contributed by atoms with Crippen molar-refractivity contribution in [1.29, 1.82) is 0 Å². The number of aromatic nitrogens is 1. The van der Waals surface area contributed by atoms with Gasteiger partial charge in [0, 0.05) is 21.5 Å². The molecular weight excluding hydrogens is 529 g/mol. The van der Waals surface area contributed by atoms with Gasteiger partial charge < -0.3 is 4.57 Å². The van der Waals surface area contributed by atoms with E-state index in [9.17, 15) is 14.4 Å². The van der Waals surface area contributed by atoms with Crippen molar-refractivity contribution < 1.29 is 14.4 Å². The van der Waals surface area contributed by atoms with Crippen molar-refractivity contribution in [3.05, 3.63) is 85.1 Å². The van der Waals surface area contributed by atoms with E-state index in [2.05, 4.69) is 21.2 Å². The summed E-state index contributed by atoms with van der Waals surface area (Å²) in [6.45, 7) is 5.84. The smallest absolute Gasteiger partial charge is 0.318 e. The van der Waals surface area contributed by atoms with Gasteiger partial charge in [0.15, 0.2) is 0 Å². The lowest BCUT2D eigenvalue weighted by Gasteiger charge is -2.27. The Morgan fingerprint density at radius 2 is 1.73 bits per heavy atom. The number of urea groups is 1. The second kappa shape index (κ2) is 8.82. The molecule has 0 atom stereocenters. The normalized spacial score (nSPS) is 15.4. The second-order valence-corrected chi connectivity index (χ2v) is 9.27. The van der Waals surface area contributed by atoms with Gasteiger partial charge in [-0.25, -0.2) is 9.69 Å². The average molecular weight is 547 g/mol. The Balaban J connectivity index is 1.79. The first-order valence-electron chi connectivity index (χ1n) is 9.91. The van der Waals surface area contributed by atoms with Crippen LogP contribution in [0.25, 0.3) is 11.8 Å². The molecular formula is C24H18BrCl2N3O3. The fourth-order valence-corrected chi connectivity index (χ4v) is 4.42. The maximum atomic E-state index is 13.2. The highest BCUT2D eigenvalue weighted by atomic mass is 79.9. The number of carbonyl (C=O) groups is 3. The summed E-state index contributed by atoms with van der Waals surface area (Å²) >= 11 is 15.8. The molecule has 1 fully saturated rings. The number of amides is 4. The van der Waals surface area contributed by atoms with Crippen molar-refractivity contribution in [3.63, 3.8) is 0 Å². The molecule has 2 heterocycles. The summed E-state index contributed by atoms with van der Waals surface area (Å²) in [6, 6.07) is 11.6. The molecule has 1 N–H and O–H groups in total. The first-order chi connectivity index (χ1) is 15.6. The molecule has 2 aromatic carbocycles. The van der Waals surface area contributed by atoms with E-state index in [1.807, 2.05) is 49.6 Å². The molecule has 0 aliphatic carbocycles. The van der Waals surface area contributed by atoms with E-state index in [0.29, 0.717) is 5.56 Å². The van der Waals surface area contributed by atoms with Gasteiger partial charge in [0.05, 0.1) is 15.7 Å². The molecule has 6 nitrogen and oxygen atoms in total. The van der Waals surface area contributed by atoms with Crippen molar-refractivity contribution in [3.8, 4) is 5.69 Å². The molecule has 1 aliphatic heterocycles. The predicted molar refractivity (Wildman–Crippen MR) is 133 cm³/mol. The number of carbonyl (C=O) groups excluding carboxylic acids is 3. The number of nitrogens with zero attached hydrogens (tertiary/aromatic N) is 2. The van der Waals surface area contributed by atoms with Crippen LogP contribution in [0.2, 0.25) is 10.0 Å². The van der Waals surface area contributed by atoms with Gasteiger partial charge in [0.1, 0.15) is 5.57 Å². The van der Waals surface area contributed by atoms with Crippen molar-refractivity contribution >= 4 is 68.7 Å². The van der Waals surface area contributed by atoms with E-state index < -0.39 is 17.8 Å². The number of rotatable bonds is 3. The van der Waals surface area contributed by atoms with Crippen LogP contribution in [-0.2, 0) is 9.59 Å². The third-order valence-corrected chi connectivity index (χ3v) is 7.14. The van der Waals surface area contributed by atoms with Crippen molar-refractivity contribution in [1.82, 2.24) is 9.88 Å². The Morgan fingerprint density at radius 1 is 1.00 bits per heavy atom. The SMILES string of the molecule is Cc1cc(-n2c(C)cc(/C=C3\C(=O)NC(=O)N(c4cccc(Cl)c4Cl)C3=O)c2C)ccc1Br. The van der Waals surface area contributed by atoms with Crippen LogP contribution < -0.4 is 10.2 Å². The van der Waals surface area contributed by atoms with Crippen LogP contribution in [0.3, 0.4) is 0 Å². The lowest BCUT2D eigenvalue weighted by Crippen LogP contribution is -2.54. The summed E-state index contributed by atoms with van der Waals surface area (Å²) in [7, 11) is 0. The number of aryl methyl sites for hydroxylation is 2. The van der Waals surface area contributed by atoms with Crippen LogP contribution in [0.5, 0.6) is 0 Å². The summed E-state index contributed by atoms with van der Waals surface area (Å²) in [4.78, 5) is 39.1. The van der Waals surface area contributed by atoms with Crippen LogP contribution in [0.4, 0.5) is 10.5 Å². The number of nitrogens with one attached hydrogen (secondary N) is 1. The maximum absolute atomic E-state index is 13.2. The quantitative estimate of drug-likeness (QED) is 0.317. The van der Waals surface area contributed by atoms with Gasteiger partial charge in [-0.15, -0.1) is 0 Å². The van der Waals surface area contributed by atoms with Crippen molar-refractivity contribution in [2.24, 2.45) is 0 Å². The predicted octanol–water partition coefficient (Wildman–Crippen LogP) is 6.14. The molecule has 0 radical (unpaired) electrons. The van der Waals surface area contributed by atoms with E-state index in [1.54, 1.807) is 12.1 Å². The number of benzene rings is 2. The number of halogens is 3. The fraction of sp³-hybridized carbons (Fsp3) is 0.125. The third kappa shape index (κ3) is 4.12. The standard InChI is InChI=1S/C24H18BrCl2N3O3/c1-12-9-16(7-8-18(12)25)29-13(2)10-15(14(29)3)11-17-22(31)28-24(33)30(23(17)32)20-6-4-5-19(26)21(20)27/h4-11H,1-3H3,(H,28,31,33)/b17-11+. The summed E-state index contributed by atoms with van der Waals surface area (Å²) < 4.78 is 3.04. The third-order valence-electron chi connectivity index (χ3n) is 5.44. The molecule has 1 saturated heterocycles. The molecule has 3 aromatic rings. The van der Waals surface area contributed by atoms with Gasteiger partial charge >= 0.3 is 6.03 Å². The Hall–Kier alpha value is -2.87. The molecule has 168 valence electrons. The van der Waals surface area contributed by atoms with Crippen LogP contribution >= 0.6 is 39.1 Å². The molecule has 1 aromatic heterocycles. The van der Waals surface area contributed by atoms with E-state index in [4.69, 9.17) is 23.2 Å². The Kier molecular flexibility index (Phi) is 6.22. The molecule has 9 heteroatoms. The summed E-state index contributed by atoms with van der Waals surface area (Å²) in [5.74, 6) is -1.55. The number of barbiturate groups is 1. The Labute approximate surface area is 208 Å². The lowest BCUT2D eigenvalue weighted by molar-refractivity contribution is -0.122. The van der Waals surface area contributed by atoms with E-state index in [0.717, 1.165) is 32.0 Å². The zero-order valence-electron chi connectivity index (χ0n) is 17.9. The van der Waals surface area contributed by atoms with Gasteiger partial charge in [-0.1, -0.05) is 45.2 Å². The van der Waals surface area contributed by atoms with Crippen LogP contribution in [0.15, 0.2) is 52.5 Å². The van der Waals surface area contributed by atoms with E-state index in [1.165, 1.54) is 12.1 Å². The van der Waals surface area contributed by atoms with Crippen LogP contribution in [0, 0.1) is 20.8 Å². The second-order valence-electron chi connectivity index (χ2n) is 7.63. The number of hydrogen-bond acceptors (Lipinski definition) is 3. The summed E-state index contributed by atoms with van der Waals surface area (Å²) in [5.41, 5.74) is 4.39. The summed E-state index contributed by atoms with van der Waals surface area (Å²) in [6.07, 6.45) is 1.49. The van der Waals surface area contributed by atoms with E-state index >= 15 is 0 Å². The number of anilines is 1. The van der Waals surface area contributed by atoms with Crippen molar-refractivity contribution in [2.75, 3.05) is 4.90 Å². The van der Waals surface area contributed by atoms with Gasteiger partial charge in [-0.05, 0) is 74.4 Å². The van der Waals surface area contributed by atoms with Crippen LogP contribution in [-0.4, -0.2) is 22.4 Å². The average Bonchev–Trinajstić information content (AvgIpc) is 3.03. The van der Waals surface area contributed by atoms with Crippen LogP contribution in [0.1, 0.15) is 22.5 Å². The first-order valence-corrected chi connectivity index (χ1v) is 11.5. The molecule has 0 spiro atoms. The van der Waals surface area contributed by atoms with Gasteiger partial charge in [0.2, 0.25) is 0 Å². The highest BCUT2D eigenvalue weighted by Crippen LogP contribution is 2.34. The molecule has 4 rings (SSSR count).